The van der Waals surface area contributed by atoms with Gasteiger partial charge in [0.2, 0.25) is 0 Å². The second kappa shape index (κ2) is 7.34. The number of amides is 1. The first kappa shape index (κ1) is 15.7. The molecule has 2 aromatic carbocycles. The molecule has 0 saturated carbocycles. The molecule has 5 heteroatoms. The minimum Gasteiger partial charge on any atom is -0.494 e. The summed E-state index contributed by atoms with van der Waals surface area (Å²) in [6.07, 6.45) is 0.928. The van der Waals surface area contributed by atoms with Gasteiger partial charge in [-0.2, -0.15) is 0 Å². The van der Waals surface area contributed by atoms with E-state index in [1.807, 2.05) is 19.1 Å². The van der Waals surface area contributed by atoms with E-state index in [1.165, 1.54) is 0 Å². The summed E-state index contributed by atoms with van der Waals surface area (Å²) in [6, 6.07) is 12.0. The number of ether oxygens (including phenoxy) is 1. The summed E-state index contributed by atoms with van der Waals surface area (Å²) in [5.74, 6) is 0.432. The molecule has 0 aromatic heterocycles. The fourth-order valence-corrected chi connectivity index (χ4v) is 2.25. The highest BCUT2D eigenvalue weighted by Crippen LogP contribution is 2.23. The molecule has 0 fully saturated rings. The average molecular weight is 324 g/mol. The first-order chi connectivity index (χ1) is 10.1. The summed E-state index contributed by atoms with van der Waals surface area (Å²) in [5.41, 5.74) is 1.03. The molecule has 0 aliphatic heterocycles. The van der Waals surface area contributed by atoms with Crippen LogP contribution in [0.3, 0.4) is 0 Å². The highest BCUT2D eigenvalue weighted by molar-refractivity contribution is 6.37. The Kier molecular flexibility index (Phi) is 5.48. The van der Waals surface area contributed by atoms with Crippen LogP contribution in [-0.2, 0) is 0 Å². The Hall–Kier alpha value is -1.71. The molecule has 0 aliphatic carbocycles. The Labute approximate surface area is 133 Å². The summed E-state index contributed by atoms with van der Waals surface area (Å²) in [5, 5.41) is 3.60. The summed E-state index contributed by atoms with van der Waals surface area (Å²) >= 11 is 11.8. The zero-order chi connectivity index (χ0) is 15.2. The molecular weight excluding hydrogens is 309 g/mol. The molecule has 0 heterocycles. The standard InChI is InChI=1S/C16H15Cl2NO2/c1-2-8-21-13-5-3-4-12(10-13)19-16(20)14-7-6-11(17)9-15(14)18/h3-7,9-10H,2,8H2,1H3,(H,19,20). The molecule has 1 amide bonds. The van der Waals surface area contributed by atoms with Crippen molar-refractivity contribution in [3.63, 3.8) is 0 Å². The van der Waals surface area contributed by atoms with E-state index in [9.17, 15) is 4.79 Å². The van der Waals surface area contributed by atoms with Gasteiger partial charge in [0.25, 0.3) is 5.91 Å². The quantitative estimate of drug-likeness (QED) is 0.837. The SMILES string of the molecule is CCCOc1cccc(NC(=O)c2ccc(Cl)cc2Cl)c1. The van der Waals surface area contributed by atoms with Gasteiger partial charge >= 0.3 is 0 Å². The number of nitrogens with one attached hydrogen (secondary N) is 1. The van der Waals surface area contributed by atoms with Gasteiger partial charge in [-0.05, 0) is 36.8 Å². The van der Waals surface area contributed by atoms with Crippen molar-refractivity contribution in [3.8, 4) is 5.75 Å². The predicted octanol–water partition coefficient (Wildman–Crippen LogP) is 5.03. The van der Waals surface area contributed by atoms with Crippen molar-refractivity contribution in [2.75, 3.05) is 11.9 Å². The normalized spacial score (nSPS) is 10.2. The third kappa shape index (κ3) is 4.38. The average Bonchev–Trinajstić information content (AvgIpc) is 2.45. The van der Waals surface area contributed by atoms with Crippen LogP contribution in [0.5, 0.6) is 5.75 Å². The number of hydrogen-bond acceptors (Lipinski definition) is 2. The lowest BCUT2D eigenvalue weighted by molar-refractivity contribution is 0.102. The third-order valence-corrected chi connectivity index (χ3v) is 3.29. The lowest BCUT2D eigenvalue weighted by Gasteiger charge is -2.09. The van der Waals surface area contributed by atoms with Gasteiger partial charge in [-0.1, -0.05) is 36.2 Å². The molecule has 21 heavy (non-hydrogen) atoms. The Bertz CT molecular complexity index is 644. The first-order valence-electron chi connectivity index (χ1n) is 6.59. The molecule has 2 aromatic rings. The molecule has 0 atom stereocenters. The third-order valence-electron chi connectivity index (χ3n) is 2.74. The van der Waals surface area contributed by atoms with Crippen LogP contribution < -0.4 is 10.1 Å². The number of carbonyl (C=O) groups excluding carboxylic acids is 1. The Balaban J connectivity index is 2.12. The molecule has 0 spiro atoms. The van der Waals surface area contributed by atoms with Crippen LogP contribution in [0.1, 0.15) is 23.7 Å². The van der Waals surface area contributed by atoms with Crippen molar-refractivity contribution in [2.24, 2.45) is 0 Å². The van der Waals surface area contributed by atoms with Crippen LogP contribution >= 0.6 is 23.2 Å². The van der Waals surface area contributed by atoms with E-state index in [0.29, 0.717) is 27.9 Å². The molecule has 3 nitrogen and oxygen atoms in total. The van der Waals surface area contributed by atoms with Crippen molar-refractivity contribution in [1.82, 2.24) is 0 Å². The molecule has 0 bridgehead atoms. The van der Waals surface area contributed by atoms with Crippen molar-refractivity contribution in [2.45, 2.75) is 13.3 Å². The van der Waals surface area contributed by atoms with E-state index in [0.717, 1.165) is 12.2 Å². The molecule has 0 unspecified atom stereocenters. The number of carbonyl (C=O) groups is 1. The van der Waals surface area contributed by atoms with Crippen molar-refractivity contribution < 1.29 is 9.53 Å². The highest BCUT2D eigenvalue weighted by atomic mass is 35.5. The topological polar surface area (TPSA) is 38.3 Å². The summed E-state index contributed by atoms with van der Waals surface area (Å²) in [7, 11) is 0. The van der Waals surface area contributed by atoms with Gasteiger partial charge in [0.1, 0.15) is 5.75 Å². The van der Waals surface area contributed by atoms with E-state index >= 15 is 0 Å². The van der Waals surface area contributed by atoms with Gasteiger partial charge in [-0.3, -0.25) is 4.79 Å². The first-order valence-corrected chi connectivity index (χ1v) is 7.35. The van der Waals surface area contributed by atoms with Gasteiger partial charge in [-0.15, -0.1) is 0 Å². The van der Waals surface area contributed by atoms with E-state index in [2.05, 4.69) is 5.32 Å². The van der Waals surface area contributed by atoms with E-state index < -0.39 is 0 Å². The van der Waals surface area contributed by atoms with Crippen LogP contribution in [0.15, 0.2) is 42.5 Å². The Morgan fingerprint density at radius 2 is 2.00 bits per heavy atom. The van der Waals surface area contributed by atoms with Crippen molar-refractivity contribution >= 4 is 34.8 Å². The fourth-order valence-electron chi connectivity index (χ4n) is 1.76. The maximum atomic E-state index is 12.2. The maximum absolute atomic E-state index is 12.2. The van der Waals surface area contributed by atoms with Gasteiger partial charge < -0.3 is 10.1 Å². The van der Waals surface area contributed by atoms with Crippen LogP contribution in [0.25, 0.3) is 0 Å². The number of hydrogen-bond donors (Lipinski definition) is 1. The minimum atomic E-state index is -0.288. The Morgan fingerprint density at radius 1 is 1.19 bits per heavy atom. The summed E-state index contributed by atoms with van der Waals surface area (Å²) in [4.78, 5) is 12.2. The molecule has 0 aliphatic rings. The van der Waals surface area contributed by atoms with Crippen molar-refractivity contribution in [3.05, 3.63) is 58.1 Å². The van der Waals surface area contributed by atoms with Crippen LogP contribution in [-0.4, -0.2) is 12.5 Å². The number of benzene rings is 2. The molecule has 110 valence electrons. The van der Waals surface area contributed by atoms with E-state index in [4.69, 9.17) is 27.9 Å². The van der Waals surface area contributed by atoms with Gasteiger partial charge in [-0.25, -0.2) is 0 Å². The van der Waals surface area contributed by atoms with Crippen LogP contribution in [0.4, 0.5) is 5.69 Å². The lowest BCUT2D eigenvalue weighted by atomic mass is 10.2. The predicted molar refractivity (Wildman–Crippen MR) is 86.6 cm³/mol. The lowest BCUT2D eigenvalue weighted by Crippen LogP contribution is -2.12. The summed E-state index contributed by atoms with van der Waals surface area (Å²) in [6.45, 7) is 2.68. The molecular formula is C16H15Cl2NO2. The van der Waals surface area contributed by atoms with E-state index in [-0.39, 0.29) is 5.91 Å². The number of rotatable bonds is 5. The second-order valence-corrected chi connectivity index (χ2v) is 5.30. The van der Waals surface area contributed by atoms with Gasteiger partial charge in [0.15, 0.2) is 0 Å². The fraction of sp³-hybridized carbons (Fsp3) is 0.188. The monoisotopic (exact) mass is 323 g/mol. The highest BCUT2D eigenvalue weighted by Gasteiger charge is 2.11. The Morgan fingerprint density at radius 3 is 2.71 bits per heavy atom. The number of anilines is 1. The van der Waals surface area contributed by atoms with Crippen molar-refractivity contribution in [1.29, 1.82) is 0 Å². The maximum Gasteiger partial charge on any atom is 0.257 e. The summed E-state index contributed by atoms with van der Waals surface area (Å²) < 4.78 is 5.53. The molecule has 2 rings (SSSR count). The van der Waals surface area contributed by atoms with Gasteiger partial charge in [0, 0.05) is 16.8 Å². The van der Waals surface area contributed by atoms with E-state index in [1.54, 1.807) is 30.3 Å². The van der Waals surface area contributed by atoms with Crippen LogP contribution in [0.2, 0.25) is 10.0 Å². The molecule has 1 N–H and O–H groups in total. The molecule has 0 saturated heterocycles. The second-order valence-electron chi connectivity index (χ2n) is 4.45. The molecule has 0 radical (unpaired) electrons. The van der Waals surface area contributed by atoms with Crippen LogP contribution in [0, 0.1) is 0 Å². The smallest absolute Gasteiger partial charge is 0.257 e. The minimum absolute atomic E-state index is 0.288. The zero-order valence-corrected chi connectivity index (χ0v) is 13.0. The largest absolute Gasteiger partial charge is 0.494 e. The van der Waals surface area contributed by atoms with Gasteiger partial charge in [0.05, 0.1) is 17.2 Å². The number of halogens is 2. The zero-order valence-electron chi connectivity index (χ0n) is 11.5.